The summed E-state index contributed by atoms with van der Waals surface area (Å²) in [7, 11) is 0. The number of alkyl halides is 3. The first-order valence-corrected chi connectivity index (χ1v) is 11.8. The third kappa shape index (κ3) is 5.75. The monoisotopic (exact) mass is 525 g/mol. The fourth-order valence-electron chi connectivity index (χ4n) is 4.02. The summed E-state index contributed by atoms with van der Waals surface area (Å²) in [5.74, 6) is -0.613. The lowest BCUT2D eigenvalue weighted by atomic mass is 10.0. The van der Waals surface area contributed by atoms with E-state index in [-0.39, 0.29) is 17.0 Å². The second-order valence-corrected chi connectivity index (χ2v) is 8.36. The molecular weight excluding hydrogens is 499 g/mol. The molecule has 2 aromatic carbocycles. The number of carbonyl (C=O) groups excluding carboxylic acids is 2. The molecule has 0 saturated heterocycles. The minimum Gasteiger partial charge on any atom is -0.338 e. The van der Waals surface area contributed by atoms with E-state index in [4.69, 9.17) is 5.73 Å². The number of amides is 2. The third-order valence-corrected chi connectivity index (χ3v) is 5.84. The number of fused-ring (bicyclic) bond motifs is 1. The molecule has 4 aromatic rings. The quantitative estimate of drug-likeness (QED) is 0.415. The Hall–Kier alpha value is -4.45. The van der Waals surface area contributed by atoms with Gasteiger partial charge < -0.3 is 11.1 Å². The number of likely N-dealkylation sites (N-methyl/N-ethyl adjacent to an activating group) is 1. The molecule has 1 unspecified atom stereocenters. The van der Waals surface area contributed by atoms with Gasteiger partial charge in [0.25, 0.3) is 11.8 Å². The Kier molecular flexibility index (Phi) is 7.91. The molecule has 198 valence electrons. The molecule has 2 aromatic heterocycles. The van der Waals surface area contributed by atoms with Gasteiger partial charge in [-0.2, -0.15) is 14.9 Å². The number of hydrogen-bond donors (Lipinski definition) is 2. The summed E-state index contributed by atoms with van der Waals surface area (Å²) in [5, 5.41) is 10.1. The van der Waals surface area contributed by atoms with Gasteiger partial charge in [0.1, 0.15) is 17.6 Å². The zero-order valence-electron chi connectivity index (χ0n) is 20.5. The summed E-state index contributed by atoms with van der Waals surface area (Å²) in [4.78, 5) is 26.9. The number of anilines is 1. The first kappa shape index (κ1) is 26.6. The molecule has 1 aliphatic rings. The van der Waals surface area contributed by atoms with Crippen LogP contribution in [-0.4, -0.2) is 44.0 Å². The Labute approximate surface area is 216 Å². The smallest absolute Gasteiger partial charge is 0.338 e. The van der Waals surface area contributed by atoms with E-state index in [0.717, 1.165) is 17.3 Å². The SMILES string of the molecule is CCN1C(=O)C(NC(=O)c2ccn(C(F)(F)F)n2)Cc2cnn(-c3ccccc3)c21.NCc1ccccc1. The molecule has 2 amide bonds. The number of carbonyl (C=O) groups is 2. The van der Waals surface area contributed by atoms with Crippen LogP contribution in [0.4, 0.5) is 19.0 Å². The number of para-hydroxylation sites is 1. The van der Waals surface area contributed by atoms with Gasteiger partial charge in [-0.15, -0.1) is 13.2 Å². The van der Waals surface area contributed by atoms with Crippen molar-refractivity contribution in [3.8, 4) is 5.69 Å². The number of hydrogen-bond acceptors (Lipinski definition) is 5. The van der Waals surface area contributed by atoms with Crippen LogP contribution < -0.4 is 16.0 Å². The summed E-state index contributed by atoms with van der Waals surface area (Å²) in [6.07, 6.45) is -2.28. The van der Waals surface area contributed by atoms with Crippen molar-refractivity contribution in [2.45, 2.75) is 32.2 Å². The molecule has 12 heteroatoms. The van der Waals surface area contributed by atoms with Gasteiger partial charge in [-0.1, -0.05) is 48.5 Å². The van der Waals surface area contributed by atoms with Gasteiger partial charge in [0.2, 0.25) is 0 Å². The van der Waals surface area contributed by atoms with Crippen LogP contribution >= 0.6 is 0 Å². The molecule has 1 aliphatic heterocycles. The predicted molar refractivity (Wildman–Crippen MR) is 134 cm³/mol. The zero-order chi connectivity index (χ0) is 27.3. The number of nitrogens with zero attached hydrogens (tertiary/aromatic N) is 5. The molecule has 0 fully saturated rings. The van der Waals surface area contributed by atoms with Crippen molar-refractivity contribution in [1.82, 2.24) is 24.9 Å². The number of halogens is 3. The van der Waals surface area contributed by atoms with Gasteiger partial charge in [0.15, 0.2) is 0 Å². The van der Waals surface area contributed by atoms with E-state index in [1.54, 1.807) is 17.8 Å². The topological polar surface area (TPSA) is 111 Å². The highest BCUT2D eigenvalue weighted by Gasteiger charge is 2.37. The van der Waals surface area contributed by atoms with Crippen LogP contribution in [0, 0.1) is 0 Å². The lowest BCUT2D eigenvalue weighted by Crippen LogP contribution is -2.53. The van der Waals surface area contributed by atoms with Crippen molar-refractivity contribution < 1.29 is 22.8 Å². The third-order valence-electron chi connectivity index (χ3n) is 5.84. The molecule has 0 bridgehead atoms. The maximum absolute atomic E-state index is 13.0. The summed E-state index contributed by atoms with van der Waals surface area (Å²) < 4.78 is 39.5. The molecule has 0 spiro atoms. The van der Waals surface area contributed by atoms with Crippen LogP contribution in [0.5, 0.6) is 0 Å². The standard InChI is InChI=1S/C19H17F3N6O2.C7H9N/c1-2-26-17-12(11-23-28(17)13-6-4-3-5-7-13)10-15(18(26)30)24-16(29)14-8-9-27(25-14)19(20,21)22;8-6-7-4-2-1-3-5-7/h3-9,11,15H,2,10H2,1H3,(H,24,29);1-5H,6,8H2. The molecular formula is C26H26F3N7O2. The average molecular weight is 526 g/mol. The molecule has 3 N–H and O–H groups in total. The van der Waals surface area contributed by atoms with Crippen molar-refractivity contribution >= 4 is 17.6 Å². The van der Waals surface area contributed by atoms with Gasteiger partial charge in [-0.05, 0) is 30.7 Å². The highest BCUT2D eigenvalue weighted by atomic mass is 19.4. The summed E-state index contributed by atoms with van der Waals surface area (Å²) >= 11 is 0. The molecule has 1 atom stereocenters. The molecule has 3 heterocycles. The van der Waals surface area contributed by atoms with E-state index in [1.807, 2.05) is 60.7 Å². The first-order chi connectivity index (χ1) is 18.2. The molecule has 5 rings (SSSR count). The van der Waals surface area contributed by atoms with Crippen molar-refractivity contribution in [2.24, 2.45) is 5.73 Å². The minimum absolute atomic E-state index is 0.170. The van der Waals surface area contributed by atoms with Crippen LogP contribution in [-0.2, 0) is 24.1 Å². The predicted octanol–water partition coefficient (Wildman–Crippen LogP) is 3.40. The highest BCUT2D eigenvalue weighted by molar-refractivity contribution is 6.03. The number of rotatable bonds is 5. The van der Waals surface area contributed by atoms with Crippen molar-refractivity contribution in [2.75, 3.05) is 11.4 Å². The summed E-state index contributed by atoms with van der Waals surface area (Å²) in [6.45, 7) is 2.76. The number of nitrogens with two attached hydrogens (primary N) is 1. The molecule has 0 aliphatic carbocycles. The van der Waals surface area contributed by atoms with E-state index in [0.29, 0.717) is 25.1 Å². The molecule has 38 heavy (non-hydrogen) atoms. The zero-order valence-corrected chi connectivity index (χ0v) is 20.5. The summed E-state index contributed by atoms with van der Waals surface area (Å²) in [6, 6.07) is 19.3. The Morgan fingerprint density at radius 3 is 2.29 bits per heavy atom. The number of benzene rings is 2. The van der Waals surface area contributed by atoms with Crippen LogP contribution in [0.3, 0.4) is 0 Å². The lowest BCUT2D eigenvalue weighted by molar-refractivity contribution is -0.212. The Morgan fingerprint density at radius 1 is 1.08 bits per heavy atom. The number of nitrogens with one attached hydrogen (secondary N) is 1. The maximum Gasteiger partial charge on any atom is 0.504 e. The van der Waals surface area contributed by atoms with Crippen LogP contribution in [0.25, 0.3) is 5.69 Å². The fraction of sp³-hybridized carbons (Fsp3) is 0.231. The largest absolute Gasteiger partial charge is 0.504 e. The van der Waals surface area contributed by atoms with Gasteiger partial charge in [-0.25, -0.2) is 4.68 Å². The second kappa shape index (κ2) is 11.3. The van der Waals surface area contributed by atoms with Gasteiger partial charge in [-0.3, -0.25) is 14.5 Å². The van der Waals surface area contributed by atoms with Gasteiger partial charge in [0, 0.05) is 31.3 Å². The van der Waals surface area contributed by atoms with Crippen molar-refractivity contribution in [1.29, 1.82) is 0 Å². The van der Waals surface area contributed by atoms with E-state index in [2.05, 4.69) is 15.5 Å². The Balaban J connectivity index is 0.000000360. The van der Waals surface area contributed by atoms with Crippen LogP contribution in [0.1, 0.15) is 28.5 Å². The fourth-order valence-corrected chi connectivity index (χ4v) is 4.02. The van der Waals surface area contributed by atoms with E-state index in [9.17, 15) is 22.8 Å². The maximum atomic E-state index is 13.0. The summed E-state index contributed by atoms with van der Waals surface area (Å²) in [5.41, 5.74) is 7.64. The Morgan fingerprint density at radius 2 is 1.74 bits per heavy atom. The van der Waals surface area contributed by atoms with Gasteiger partial charge in [0.05, 0.1) is 11.9 Å². The Bertz CT molecular complexity index is 1380. The minimum atomic E-state index is -4.72. The number of aromatic nitrogens is 4. The van der Waals surface area contributed by atoms with E-state index >= 15 is 0 Å². The van der Waals surface area contributed by atoms with Crippen LogP contribution in [0.15, 0.2) is 79.1 Å². The van der Waals surface area contributed by atoms with E-state index in [1.165, 1.54) is 10.5 Å². The lowest BCUT2D eigenvalue weighted by Gasteiger charge is -2.32. The highest BCUT2D eigenvalue weighted by Crippen LogP contribution is 2.30. The first-order valence-electron chi connectivity index (χ1n) is 11.8. The molecule has 0 radical (unpaired) electrons. The molecule has 9 nitrogen and oxygen atoms in total. The van der Waals surface area contributed by atoms with Gasteiger partial charge >= 0.3 is 6.30 Å². The van der Waals surface area contributed by atoms with Crippen molar-refractivity contribution in [3.63, 3.8) is 0 Å². The van der Waals surface area contributed by atoms with E-state index < -0.39 is 23.9 Å². The normalized spacial score (nSPS) is 14.9. The van der Waals surface area contributed by atoms with Crippen molar-refractivity contribution in [3.05, 3.63) is 95.9 Å². The average Bonchev–Trinajstić information content (AvgIpc) is 3.59. The second-order valence-electron chi connectivity index (χ2n) is 8.36. The molecule has 0 saturated carbocycles. The van der Waals surface area contributed by atoms with Crippen LogP contribution in [0.2, 0.25) is 0 Å².